The van der Waals surface area contributed by atoms with Crippen molar-refractivity contribution in [1.82, 2.24) is 15.3 Å². The lowest BCUT2D eigenvalue weighted by Gasteiger charge is -2.49. The van der Waals surface area contributed by atoms with Gasteiger partial charge in [0.1, 0.15) is 5.60 Å². The molecule has 0 unspecified atom stereocenters. The highest BCUT2D eigenvalue weighted by atomic mass is 16.6. The number of nitrogens with one attached hydrogen (secondary N) is 1. The molecule has 4 atom stereocenters. The molecule has 2 heterocycles. The van der Waals surface area contributed by atoms with E-state index < -0.39 is 53.0 Å². The first-order chi connectivity index (χ1) is 17.0. The molecule has 36 heavy (non-hydrogen) atoms. The number of carboxylic acid groups (broad SMARTS) is 1. The maximum Gasteiger partial charge on any atom is 0.412 e. The van der Waals surface area contributed by atoms with Gasteiger partial charge >= 0.3 is 12.1 Å². The molecule has 0 radical (unpaired) electrons. The topological polar surface area (TPSA) is 125 Å². The number of nitrogens with zero attached hydrogens (tertiary/aromatic N) is 2. The molecular formula is C26H33N3O7. The molecule has 4 rings (SSSR count). The minimum atomic E-state index is -2.18. The first-order valence-electron chi connectivity index (χ1n) is 12.2. The third-order valence-electron chi connectivity index (χ3n) is 6.86. The predicted molar refractivity (Wildman–Crippen MR) is 128 cm³/mol. The minimum Gasteiger partial charge on any atom is -0.478 e. The van der Waals surface area contributed by atoms with E-state index >= 15 is 0 Å². The number of hydrogen-bond donors (Lipinski definition) is 2. The van der Waals surface area contributed by atoms with Gasteiger partial charge in [0, 0.05) is 13.0 Å². The quantitative estimate of drug-likeness (QED) is 0.348. The molecule has 1 aromatic rings. The van der Waals surface area contributed by atoms with Crippen LogP contribution in [-0.2, 0) is 30.6 Å². The molecule has 0 aromatic heterocycles. The predicted octanol–water partition coefficient (Wildman–Crippen LogP) is 2.84. The van der Waals surface area contributed by atoms with Crippen LogP contribution in [0.5, 0.6) is 0 Å². The van der Waals surface area contributed by atoms with Crippen molar-refractivity contribution >= 4 is 23.9 Å². The number of fused-ring (bicyclic) bond motifs is 1. The van der Waals surface area contributed by atoms with Gasteiger partial charge in [-0.1, -0.05) is 42.5 Å². The summed E-state index contributed by atoms with van der Waals surface area (Å²) < 4.78 is 5.55. The van der Waals surface area contributed by atoms with Gasteiger partial charge in [-0.25, -0.2) is 14.5 Å². The highest BCUT2D eigenvalue weighted by Gasteiger charge is 2.64. The Morgan fingerprint density at radius 2 is 1.69 bits per heavy atom. The largest absolute Gasteiger partial charge is 0.478 e. The Morgan fingerprint density at radius 1 is 1.08 bits per heavy atom. The van der Waals surface area contributed by atoms with Crippen LogP contribution in [-0.4, -0.2) is 62.6 Å². The summed E-state index contributed by atoms with van der Waals surface area (Å²) in [6.45, 7) is 5.15. The summed E-state index contributed by atoms with van der Waals surface area (Å²) >= 11 is 0. The standard InChI is InChI=1S/C26H33N3O7/c1-25(2,3)36-24(34)28-15-18(27-35-16-17-9-5-4-6-10-17)13-14-26(28,23(32)33)29-21(30)19-11-7-8-12-20(19)22(29)31/h4-10,18-20,27H,11-16H2,1-3H3,(H,32,33)/t18-,19-,20+,26-/m1/s1. The van der Waals surface area contributed by atoms with E-state index in [0.717, 1.165) is 15.4 Å². The zero-order valence-electron chi connectivity index (χ0n) is 20.8. The fraction of sp³-hybridized carbons (Fsp3) is 0.538. The van der Waals surface area contributed by atoms with Gasteiger partial charge in [-0.2, -0.15) is 5.48 Å². The van der Waals surface area contributed by atoms with E-state index in [2.05, 4.69) is 5.48 Å². The number of likely N-dealkylation sites (tertiary alicyclic amines) is 2. The summed E-state index contributed by atoms with van der Waals surface area (Å²) in [5, 5.41) is 10.5. The fourth-order valence-corrected chi connectivity index (χ4v) is 5.14. The fourth-order valence-electron chi connectivity index (χ4n) is 5.14. The van der Waals surface area contributed by atoms with Crippen LogP contribution >= 0.6 is 0 Å². The third-order valence-corrected chi connectivity index (χ3v) is 6.86. The number of carbonyl (C=O) groups is 4. The number of carboxylic acids is 1. The van der Waals surface area contributed by atoms with Gasteiger partial charge in [0.2, 0.25) is 17.5 Å². The summed E-state index contributed by atoms with van der Waals surface area (Å²) in [5.74, 6) is -3.80. The SMILES string of the molecule is CC(C)(C)OC(=O)N1C[C@H](NOCc2ccccc2)CC[C@]1(C(=O)O)N1C(=O)[C@H]2CC=CC[C@H]2C1=O. The van der Waals surface area contributed by atoms with Gasteiger partial charge in [-0.3, -0.25) is 19.3 Å². The Labute approximate surface area is 210 Å². The van der Waals surface area contributed by atoms with Crippen LogP contribution in [0.2, 0.25) is 0 Å². The van der Waals surface area contributed by atoms with Crippen molar-refractivity contribution in [3.8, 4) is 0 Å². The molecule has 2 saturated heterocycles. The maximum absolute atomic E-state index is 13.4. The Kier molecular flexibility index (Phi) is 7.19. The van der Waals surface area contributed by atoms with Gasteiger partial charge in [0.25, 0.3) is 0 Å². The number of allylic oxidation sites excluding steroid dienone is 2. The highest BCUT2D eigenvalue weighted by molar-refractivity contribution is 6.09. The Bertz CT molecular complexity index is 1030. The number of rotatable bonds is 6. The zero-order chi connectivity index (χ0) is 26.1. The molecule has 10 nitrogen and oxygen atoms in total. The van der Waals surface area contributed by atoms with Gasteiger partial charge in [0.15, 0.2) is 0 Å². The van der Waals surface area contributed by atoms with E-state index in [4.69, 9.17) is 9.57 Å². The summed E-state index contributed by atoms with van der Waals surface area (Å²) in [6.07, 6.45) is 3.59. The maximum atomic E-state index is 13.4. The monoisotopic (exact) mass is 499 g/mol. The van der Waals surface area contributed by atoms with E-state index in [0.29, 0.717) is 12.8 Å². The van der Waals surface area contributed by atoms with E-state index in [1.54, 1.807) is 20.8 Å². The number of benzene rings is 1. The summed E-state index contributed by atoms with van der Waals surface area (Å²) in [4.78, 5) is 60.5. The molecular weight excluding hydrogens is 466 g/mol. The normalized spacial score (nSPS) is 28.2. The Balaban J connectivity index is 1.61. The van der Waals surface area contributed by atoms with E-state index in [-0.39, 0.29) is 26.0 Å². The highest BCUT2D eigenvalue weighted by Crippen LogP contribution is 2.43. The van der Waals surface area contributed by atoms with Gasteiger partial charge in [-0.05, 0) is 45.6 Å². The molecule has 2 aliphatic heterocycles. The van der Waals surface area contributed by atoms with Crippen LogP contribution in [0.25, 0.3) is 0 Å². The van der Waals surface area contributed by atoms with Crippen LogP contribution in [0, 0.1) is 11.8 Å². The number of carbonyl (C=O) groups excluding carboxylic acids is 3. The second-order valence-electron chi connectivity index (χ2n) is 10.5. The lowest BCUT2D eigenvalue weighted by atomic mass is 9.85. The number of aliphatic carboxylic acids is 1. The average Bonchev–Trinajstić information content (AvgIpc) is 3.09. The van der Waals surface area contributed by atoms with Crippen molar-refractivity contribution < 1.29 is 33.9 Å². The Morgan fingerprint density at radius 3 is 2.25 bits per heavy atom. The second-order valence-corrected chi connectivity index (χ2v) is 10.5. The molecule has 3 amide bonds. The zero-order valence-corrected chi connectivity index (χ0v) is 20.8. The summed E-state index contributed by atoms with van der Waals surface area (Å²) in [5.41, 5.74) is 0.766. The van der Waals surface area contributed by atoms with Crippen molar-refractivity contribution in [2.24, 2.45) is 11.8 Å². The number of ether oxygens (including phenoxy) is 1. The molecule has 2 fully saturated rings. The third kappa shape index (κ3) is 4.87. The first kappa shape index (κ1) is 25.8. The molecule has 194 valence electrons. The van der Waals surface area contributed by atoms with Gasteiger partial charge < -0.3 is 9.84 Å². The van der Waals surface area contributed by atoms with Crippen molar-refractivity contribution in [2.45, 2.75) is 70.4 Å². The number of amides is 3. The van der Waals surface area contributed by atoms with Crippen LogP contribution in [0.3, 0.4) is 0 Å². The smallest absolute Gasteiger partial charge is 0.412 e. The number of piperidine rings is 1. The van der Waals surface area contributed by atoms with Gasteiger partial charge in [0.05, 0.1) is 24.5 Å². The van der Waals surface area contributed by atoms with Crippen molar-refractivity contribution in [2.75, 3.05) is 6.54 Å². The number of hydrogen-bond acceptors (Lipinski definition) is 7. The lowest BCUT2D eigenvalue weighted by molar-refractivity contribution is -0.183. The summed E-state index contributed by atoms with van der Waals surface area (Å²) in [6, 6.07) is 9.05. The second kappa shape index (κ2) is 10.0. The van der Waals surface area contributed by atoms with Crippen molar-refractivity contribution in [1.29, 1.82) is 0 Å². The Hall–Kier alpha value is -3.24. The van der Waals surface area contributed by atoms with Crippen molar-refractivity contribution in [3.05, 3.63) is 48.0 Å². The molecule has 1 aromatic carbocycles. The first-order valence-corrected chi connectivity index (χ1v) is 12.2. The van der Waals surface area contributed by atoms with Gasteiger partial charge in [-0.15, -0.1) is 0 Å². The van der Waals surface area contributed by atoms with Crippen molar-refractivity contribution in [3.63, 3.8) is 0 Å². The molecule has 0 spiro atoms. The van der Waals surface area contributed by atoms with Crippen LogP contribution < -0.4 is 5.48 Å². The van der Waals surface area contributed by atoms with E-state index in [1.165, 1.54) is 0 Å². The van der Waals surface area contributed by atoms with E-state index in [1.807, 2.05) is 42.5 Å². The number of hydroxylamine groups is 1. The lowest BCUT2D eigenvalue weighted by Crippen LogP contribution is -2.73. The van der Waals surface area contributed by atoms with Crippen LogP contribution in [0.15, 0.2) is 42.5 Å². The molecule has 10 heteroatoms. The minimum absolute atomic E-state index is 0.124. The molecule has 0 saturated carbocycles. The van der Waals surface area contributed by atoms with Crippen LogP contribution in [0.1, 0.15) is 52.0 Å². The summed E-state index contributed by atoms with van der Waals surface area (Å²) in [7, 11) is 0. The van der Waals surface area contributed by atoms with E-state index in [9.17, 15) is 24.3 Å². The van der Waals surface area contributed by atoms with Crippen LogP contribution in [0.4, 0.5) is 4.79 Å². The average molecular weight is 500 g/mol. The molecule has 2 N–H and O–H groups in total. The molecule has 0 bridgehead atoms. The number of imide groups is 1. The molecule has 3 aliphatic rings. The molecule has 1 aliphatic carbocycles.